The average molecular weight is 354 g/mol. The molecule has 1 aliphatic carbocycles. The molecule has 0 fully saturated rings. The van der Waals surface area contributed by atoms with Gasteiger partial charge in [0.05, 0.1) is 11.9 Å². The number of halogens is 1. The van der Waals surface area contributed by atoms with Crippen molar-refractivity contribution < 1.29 is 8.42 Å². The smallest absolute Gasteiger partial charge is 0.229 e. The Balaban J connectivity index is 1.99. The predicted octanol–water partition coefficient (Wildman–Crippen LogP) is 4.35. The molecule has 0 bridgehead atoms. The second-order valence-corrected chi connectivity index (χ2v) is 8.70. The van der Waals surface area contributed by atoms with E-state index >= 15 is 0 Å². The Labute approximate surface area is 140 Å². The van der Waals surface area contributed by atoms with Crippen LogP contribution in [0.2, 0.25) is 5.02 Å². The zero-order valence-electron chi connectivity index (χ0n) is 12.1. The minimum atomic E-state index is -3.30. The van der Waals surface area contributed by atoms with Crippen LogP contribution < -0.4 is 4.72 Å². The van der Waals surface area contributed by atoms with Gasteiger partial charge in [-0.05, 0) is 66.8 Å². The molecule has 2 aromatic carbocycles. The Morgan fingerprint density at radius 2 is 1.73 bits per heavy atom. The van der Waals surface area contributed by atoms with Gasteiger partial charge in [-0.25, -0.2) is 8.42 Å². The van der Waals surface area contributed by atoms with Gasteiger partial charge in [0, 0.05) is 14.8 Å². The van der Waals surface area contributed by atoms with Crippen molar-refractivity contribution in [1.82, 2.24) is 0 Å². The molecule has 0 aromatic heterocycles. The van der Waals surface area contributed by atoms with Crippen LogP contribution in [0.25, 0.3) is 0 Å². The zero-order valence-corrected chi connectivity index (χ0v) is 14.5. The molecule has 0 radical (unpaired) electrons. The highest BCUT2D eigenvalue weighted by molar-refractivity contribution is 7.99. The number of fused-ring (bicyclic) bond motifs is 1. The first-order chi connectivity index (χ1) is 10.4. The molecule has 0 saturated carbocycles. The van der Waals surface area contributed by atoms with Gasteiger partial charge in [0.25, 0.3) is 0 Å². The lowest BCUT2D eigenvalue weighted by Gasteiger charge is -2.13. The van der Waals surface area contributed by atoms with Gasteiger partial charge in [-0.3, -0.25) is 4.72 Å². The Kier molecular flexibility index (Phi) is 4.39. The first-order valence-electron chi connectivity index (χ1n) is 6.98. The number of anilines is 1. The molecule has 0 saturated heterocycles. The van der Waals surface area contributed by atoms with Gasteiger partial charge in [-0.2, -0.15) is 0 Å². The van der Waals surface area contributed by atoms with Crippen molar-refractivity contribution in [3.05, 3.63) is 52.5 Å². The van der Waals surface area contributed by atoms with E-state index in [4.69, 9.17) is 11.6 Å². The summed E-state index contributed by atoms with van der Waals surface area (Å²) in [5.74, 6) is 0. The fourth-order valence-corrected chi connectivity index (χ4v) is 4.30. The molecule has 0 atom stereocenters. The summed E-state index contributed by atoms with van der Waals surface area (Å²) in [7, 11) is -3.30. The molecule has 0 heterocycles. The summed E-state index contributed by atoms with van der Waals surface area (Å²) in [6.07, 6.45) is 4.38. The van der Waals surface area contributed by atoms with Crippen molar-refractivity contribution in [2.45, 2.75) is 29.1 Å². The number of aryl methyl sites for hydroxylation is 2. The molecule has 1 aliphatic rings. The maximum atomic E-state index is 11.6. The molecule has 3 rings (SSSR count). The standard InChI is InChI=1S/C16H16ClNO2S2/c1-22(19,20)18-15-9-11-3-2-4-12(11)10-16(15)21-14-7-5-13(17)6-8-14/h5-10,18H,2-4H2,1H3. The lowest BCUT2D eigenvalue weighted by Crippen LogP contribution is -2.10. The highest BCUT2D eigenvalue weighted by atomic mass is 35.5. The molecular formula is C16H16ClNO2S2. The number of benzene rings is 2. The molecule has 6 heteroatoms. The van der Waals surface area contributed by atoms with Gasteiger partial charge in [-0.15, -0.1) is 0 Å². The van der Waals surface area contributed by atoms with E-state index in [0.29, 0.717) is 10.7 Å². The van der Waals surface area contributed by atoms with Crippen LogP contribution in [0.15, 0.2) is 46.2 Å². The molecular weight excluding hydrogens is 338 g/mol. The number of nitrogens with one attached hydrogen (secondary N) is 1. The van der Waals surface area contributed by atoms with Crippen molar-refractivity contribution in [3.63, 3.8) is 0 Å². The monoisotopic (exact) mass is 353 g/mol. The Bertz CT molecular complexity index is 802. The minimum absolute atomic E-state index is 0.656. The molecule has 0 amide bonds. The van der Waals surface area contributed by atoms with E-state index in [1.807, 2.05) is 30.3 Å². The second kappa shape index (κ2) is 6.14. The lowest BCUT2D eigenvalue weighted by atomic mass is 10.1. The van der Waals surface area contributed by atoms with Gasteiger partial charge < -0.3 is 0 Å². The summed E-state index contributed by atoms with van der Waals surface area (Å²) in [6.45, 7) is 0. The Morgan fingerprint density at radius 3 is 2.36 bits per heavy atom. The van der Waals surface area contributed by atoms with Crippen LogP contribution in [0.1, 0.15) is 17.5 Å². The topological polar surface area (TPSA) is 46.2 Å². The molecule has 0 spiro atoms. The predicted molar refractivity (Wildman–Crippen MR) is 92.5 cm³/mol. The van der Waals surface area contributed by atoms with Crippen LogP contribution in [-0.2, 0) is 22.9 Å². The highest BCUT2D eigenvalue weighted by Gasteiger charge is 2.17. The summed E-state index contributed by atoms with van der Waals surface area (Å²) in [5.41, 5.74) is 3.21. The van der Waals surface area contributed by atoms with E-state index < -0.39 is 10.0 Å². The van der Waals surface area contributed by atoms with E-state index in [9.17, 15) is 8.42 Å². The fourth-order valence-electron chi connectivity index (χ4n) is 2.60. The normalized spacial score (nSPS) is 13.9. The van der Waals surface area contributed by atoms with Crippen LogP contribution >= 0.6 is 23.4 Å². The SMILES string of the molecule is CS(=O)(=O)Nc1cc2c(cc1Sc1ccc(Cl)cc1)CCC2. The largest absolute Gasteiger partial charge is 0.283 e. The Morgan fingerprint density at radius 1 is 1.09 bits per heavy atom. The van der Waals surface area contributed by atoms with Crippen LogP contribution in [0.3, 0.4) is 0 Å². The molecule has 3 nitrogen and oxygen atoms in total. The van der Waals surface area contributed by atoms with Gasteiger partial charge >= 0.3 is 0 Å². The third-order valence-electron chi connectivity index (χ3n) is 3.53. The quantitative estimate of drug-likeness (QED) is 0.888. The van der Waals surface area contributed by atoms with Gasteiger partial charge in [-0.1, -0.05) is 23.4 Å². The van der Waals surface area contributed by atoms with Gasteiger partial charge in [0.2, 0.25) is 10.0 Å². The van der Waals surface area contributed by atoms with Crippen LogP contribution in [0, 0.1) is 0 Å². The van der Waals surface area contributed by atoms with E-state index in [-0.39, 0.29) is 0 Å². The van der Waals surface area contributed by atoms with Crippen molar-refractivity contribution in [3.8, 4) is 0 Å². The fraction of sp³-hybridized carbons (Fsp3) is 0.250. The molecule has 116 valence electrons. The molecule has 1 N–H and O–H groups in total. The van der Waals surface area contributed by atoms with E-state index in [1.165, 1.54) is 17.4 Å². The summed E-state index contributed by atoms with van der Waals surface area (Å²) >= 11 is 7.45. The Hall–Kier alpha value is -1.17. The van der Waals surface area contributed by atoms with Crippen molar-refractivity contribution >= 4 is 39.1 Å². The van der Waals surface area contributed by atoms with Crippen LogP contribution in [-0.4, -0.2) is 14.7 Å². The van der Waals surface area contributed by atoms with Crippen molar-refractivity contribution in [2.24, 2.45) is 0 Å². The second-order valence-electron chi connectivity index (χ2n) is 5.40. The van der Waals surface area contributed by atoms with E-state index in [0.717, 1.165) is 29.1 Å². The minimum Gasteiger partial charge on any atom is -0.283 e. The third kappa shape index (κ3) is 3.77. The lowest BCUT2D eigenvalue weighted by molar-refractivity contribution is 0.606. The maximum absolute atomic E-state index is 11.6. The van der Waals surface area contributed by atoms with E-state index in [2.05, 4.69) is 10.8 Å². The summed E-state index contributed by atoms with van der Waals surface area (Å²) in [6, 6.07) is 11.6. The number of sulfonamides is 1. The maximum Gasteiger partial charge on any atom is 0.229 e. The van der Waals surface area contributed by atoms with Crippen LogP contribution in [0.4, 0.5) is 5.69 Å². The van der Waals surface area contributed by atoms with Gasteiger partial charge in [0.15, 0.2) is 0 Å². The molecule has 0 unspecified atom stereocenters. The summed E-state index contributed by atoms with van der Waals surface area (Å²) in [5, 5.41) is 0.688. The first kappa shape index (κ1) is 15.7. The van der Waals surface area contributed by atoms with Gasteiger partial charge in [0.1, 0.15) is 0 Å². The molecule has 2 aromatic rings. The zero-order chi connectivity index (χ0) is 15.7. The third-order valence-corrected chi connectivity index (χ3v) is 5.44. The number of hydrogen-bond acceptors (Lipinski definition) is 3. The number of rotatable bonds is 4. The average Bonchev–Trinajstić information content (AvgIpc) is 2.87. The van der Waals surface area contributed by atoms with E-state index in [1.54, 1.807) is 11.8 Å². The van der Waals surface area contributed by atoms with Crippen molar-refractivity contribution in [2.75, 3.05) is 11.0 Å². The summed E-state index contributed by atoms with van der Waals surface area (Å²) < 4.78 is 25.9. The van der Waals surface area contributed by atoms with Crippen molar-refractivity contribution in [1.29, 1.82) is 0 Å². The first-order valence-corrected chi connectivity index (χ1v) is 10.1. The highest BCUT2D eigenvalue weighted by Crippen LogP contribution is 2.38. The summed E-state index contributed by atoms with van der Waals surface area (Å²) in [4.78, 5) is 1.95. The molecule has 0 aliphatic heterocycles. The number of hydrogen-bond donors (Lipinski definition) is 1. The molecule has 22 heavy (non-hydrogen) atoms. The van der Waals surface area contributed by atoms with Crippen LogP contribution in [0.5, 0.6) is 0 Å².